The minimum absolute atomic E-state index is 0.165. The summed E-state index contributed by atoms with van der Waals surface area (Å²) in [4.78, 5) is 17.2. The molecule has 0 bridgehead atoms. The molecule has 5 nitrogen and oxygen atoms in total. The van der Waals surface area contributed by atoms with Crippen LogP contribution in [0.3, 0.4) is 0 Å². The Bertz CT molecular complexity index is 333. The van der Waals surface area contributed by atoms with Gasteiger partial charge in [-0.05, 0) is 32.4 Å². The van der Waals surface area contributed by atoms with Gasteiger partial charge in [-0.1, -0.05) is 13.8 Å². The fourth-order valence-corrected chi connectivity index (χ4v) is 3.26. The van der Waals surface area contributed by atoms with Crippen molar-refractivity contribution < 1.29 is 9.53 Å². The average Bonchev–Trinajstić information content (AvgIpc) is 2.45. The lowest BCUT2D eigenvalue weighted by molar-refractivity contribution is -0.140. The van der Waals surface area contributed by atoms with Crippen molar-refractivity contribution in [3.63, 3.8) is 0 Å². The minimum atomic E-state index is 0.165. The van der Waals surface area contributed by atoms with Crippen LogP contribution in [0.2, 0.25) is 0 Å². The number of piperazine rings is 1. The minimum Gasteiger partial charge on any atom is -0.380 e. The summed E-state index contributed by atoms with van der Waals surface area (Å²) < 4.78 is 5.47. The van der Waals surface area contributed by atoms with E-state index in [4.69, 9.17) is 4.74 Å². The van der Waals surface area contributed by atoms with Gasteiger partial charge in [0.15, 0.2) is 0 Å². The molecular weight excluding hydrogens is 266 g/mol. The molecule has 2 fully saturated rings. The topological polar surface area (TPSA) is 44.8 Å². The zero-order valence-corrected chi connectivity index (χ0v) is 13.8. The molecule has 0 spiro atoms. The maximum atomic E-state index is 12.6. The van der Waals surface area contributed by atoms with Crippen molar-refractivity contribution in [2.45, 2.75) is 33.2 Å². The van der Waals surface area contributed by atoms with Crippen molar-refractivity contribution >= 4 is 5.91 Å². The van der Waals surface area contributed by atoms with Gasteiger partial charge >= 0.3 is 0 Å². The number of amides is 1. The normalized spacial score (nSPS) is 25.7. The van der Waals surface area contributed by atoms with Crippen LogP contribution in [-0.2, 0) is 9.53 Å². The Kier molecular flexibility index (Phi) is 6.45. The average molecular weight is 297 g/mol. The highest BCUT2D eigenvalue weighted by atomic mass is 16.5. The maximum absolute atomic E-state index is 12.6. The highest BCUT2D eigenvalue weighted by molar-refractivity contribution is 5.79. The van der Waals surface area contributed by atoms with E-state index in [0.29, 0.717) is 17.9 Å². The van der Waals surface area contributed by atoms with Crippen LogP contribution in [0.15, 0.2) is 0 Å². The first-order chi connectivity index (χ1) is 10.2. The van der Waals surface area contributed by atoms with Crippen molar-refractivity contribution in [1.29, 1.82) is 0 Å². The zero-order valence-electron chi connectivity index (χ0n) is 13.8. The quantitative estimate of drug-likeness (QED) is 0.706. The van der Waals surface area contributed by atoms with Crippen LogP contribution in [0.5, 0.6) is 0 Å². The SMILES string of the molecule is CCOCCN1CCN(C(=O)C(C)C2CNC2)CC1CC. The number of hydrogen-bond acceptors (Lipinski definition) is 4. The molecule has 0 aromatic heterocycles. The predicted octanol–water partition coefficient (Wildman–Crippen LogP) is 0.801. The summed E-state index contributed by atoms with van der Waals surface area (Å²) in [5, 5.41) is 3.26. The van der Waals surface area contributed by atoms with Crippen molar-refractivity contribution in [2.24, 2.45) is 11.8 Å². The second-order valence-electron chi connectivity index (χ2n) is 6.29. The second kappa shape index (κ2) is 8.11. The second-order valence-corrected chi connectivity index (χ2v) is 6.29. The van der Waals surface area contributed by atoms with E-state index < -0.39 is 0 Å². The summed E-state index contributed by atoms with van der Waals surface area (Å²) in [5.41, 5.74) is 0. The van der Waals surface area contributed by atoms with E-state index in [9.17, 15) is 4.79 Å². The lowest BCUT2D eigenvalue weighted by Gasteiger charge is -2.43. The summed E-state index contributed by atoms with van der Waals surface area (Å²) in [5.74, 6) is 1.05. The summed E-state index contributed by atoms with van der Waals surface area (Å²) in [7, 11) is 0. The van der Waals surface area contributed by atoms with E-state index >= 15 is 0 Å². The molecule has 2 atom stereocenters. The van der Waals surface area contributed by atoms with Crippen LogP contribution in [0.25, 0.3) is 0 Å². The number of nitrogens with one attached hydrogen (secondary N) is 1. The molecule has 2 unspecified atom stereocenters. The van der Waals surface area contributed by atoms with Gasteiger partial charge in [-0.2, -0.15) is 0 Å². The molecule has 2 rings (SSSR count). The van der Waals surface area contributed by atoms with E-state index in [-0.39, 0.29) is 5.92 Å². The fourth-order valence-electron chi connectivity index (χ4n) is 3.26. The highest BCUT2D eigenvalue weighted by Crippen LogP contribution is 2.21. The third-order valence-corrected chi connectivity index (χ3v) is 5.02. The molecule has 1 N–H and O–H groups in total. The smallest absolute Gasteiger partial charge is 0.225 e. The number of carbonyl (C=O) groups is 1. The Morgan fingerprint density at radius 1 is 1.33 bits per heavy atom. The standard InChI is InChI=1S/C16H31N3O2/c1-4-15-12-19(7-6-18(15)8-9-21-5-2)16(20)13(3)14-10-17-11-14/h13-15,17H,4-12H2,1-3H3. The molecule has 2 heterocycles. The van der Waals surface area contributed by atoms with Crippen LogP contribution in [0.4, 0.5) is 0 Å². The van der Waals surface area contributed by atoms with Crippen LogP contribution in [-0.4, -0.2) is 74.2 Å². The number of carbonyl (C=O) groups excluding carboxylic acids is 1. The Morgan fingerprint density at radius 2 is 2.10 bits per heavy atom. The first-order valence-electron chi connectivity index (χ1n) is 8.48. The van der Waals surface area contributed by atoms with E-state index in [0.717, 1.165) is 58.9 Å². The lowest BCUT2D eigenvalue weighted by atomic mass is 9.87. The third kappa shape index (κ3) is 4.18. The van der Waals surface area contributed by atoms with Gasteiger partial charge in [-0.3, -0.25) is 9.69 Å². The number of ether oxygens (including phenoxy) is 1. The molecule has 2 aliphatic rings. The molecule has 122 valence electrons. The summed E-state index contributed by atoms with van der Waals surface area (Å²) >= 11 is 0. The van der Waals surface area contributed by atoms with Gasteiger partial charge in [0.2, 0.25) is 5.91 Å². The molecule has 5 heteroatoms. The monoisotopic (exact) mass is 297 g/mol. The van der Waals surface area contributed by atoms with Gasteiger partial charge in [0.05, 0.1) is 6.61 Å². The molecule has 1 amide bonds. The third-order valence-electron chi connectivity index (χ3n) is 5.02. The molecule has 0 aliphatic carbocycles. The molecule has 2 saturated heterocycles. The molecule has 0 aromatic rings. The van der Waals surface area contributed by atoms with Crippen LogP contribution in [0, 0.1) is 11.8 Å². The van der Waals surface area contributed by atoms with E-state index in [1.165, 1.54) is 0 Å². The van der Waals surface area contributed by atoms with Crippen LogP contribution in [0.1, 0.15) is 27.2 Å². The van der Waals surface area contributed by atoms with Gasteiger partial charge in [0.25, 0.3) is 0 Å². The van der Waals surface area contributed by atoms with E-state index in [1.54, 1.807) is 0 Å². The van der Waals surface area contributed by atoms with Gasteiger partial charge in [0, 0.05) is 44.7 Å². The van der Waals surface area contributed by atoms with Crippen molar-refractivity contribution in [2.75, 3.05) is 52.5 Å². The molecular formula is C16H31N3O2. The zero-order chi connectivity index (χ0) is 15.2. The molecule has 0 saturated carbocycles. The Hall–Kier alpha value is -0.650. The van der Waals surface area contributed by atoms with Crippen LogP contribution < -0.4 is 5.32 Å². The van der Waals surface area contributed by atoms with Crippen molar-refractivity contribution in [1.82, 2.24) is 15.1 Å². The summed E-state index contributed by atoms with van der Waals surface area (Å²) in [6.07, 6.45) is 1.09. The highest BCUT2D eigenvalue weighted by Gasteiger charge is 2.34. The molecule has 2 aliphatic heterocycles. The van der Waals surface area contributed by atoms with Crippen LogP contribution >= 0.6 is 0 Å². The van der Waals surface area contributed by atoms with Gasteiger partial charge < -0.3 is 15.0 Å². The largest absolute Gasteiger partial charge is 0.380 e. The Balaban J connectivity index is 1.83. The van der Waals surface area contributed by atoms with Crippen molar-refractivity contribution in [3.05, 3.63) is 0 Å². The number of nitrogens with zero attached hydrogens (tertiary/aromatic N) is 2. The first-order valence-corrected chi connectivity index (χ1v) is 8.48. The fraction of sp³-hybridized carbons (Fsp3) is 0.938. The summed E-state index contributed by atoms with van der Waals surface area (Å²) in [6, 6.07) is 0.481. The molecule has 0 radical (unpaired) electrons. The number of rotatable bonds is 7. The van der Waals surface area contributed by atoms with E-state index in [2.05, 4.69) is 29.0 Å². The maximum Gasteiger partial charge on any atom is 0.225 e. The number of hydrogen-bond donors (Lipinski definition) is 1. The Morgan fingerprint density at radius 3 is 2.67 bits per heavy atom. The van der Waals surface area contributed by atoms with Gasteiger partial charge in [-0.25, -0.2) is 0 Å². The first kappa shape index (κ1) is 16.7. The van der Waals surface area contributed by atoms with Crippen molar-refractivity contribution in [3.8, 4) is 0 Å². The molecule has 21 heavy (non-hydrogen) atoms. The Labute approximate surface area is 129 Å². The van der Waals surface area contributed by atoms with Gasteiger partial charge in [-0.15, -0.1) is 0 Å². The van der Waals surface area contributed by atoms with E-state index in [1.807, 2.05) is 6.92 Å². The summed E-state index contributed by atoms with van der Waals surface area (Å²) in [6.45, 7) is 13.6. The molecule has 0 aromatic carbocycles. The lowest BCUT2D eigenvalue weighted by Crippen LogP contribution is -2.58. The van der Waals surface area contributed by atoms with Gasteiger partial charge in [0.1, 0.15) is 0 Å². The predicted molar refractivity (Wildman–Crippen MR) is 84.2 cm³/mol.